The third kappa shape index (κ3) is 5.74. The van der Waals surface area contributed by atoms with E-state index in [0.29, 0.717) is 19.5 Å². The molecule has 0 saturated carbocycles. The zero-order chi connectivity index (χ0) is 26.1. The van der Waals surface area contributed by atoms with Crippen LogP contribution in [0.3, 0.4) is 0 Å². The maximum absolute atomic E-state index is 13.8. The molecule has 2 aliphatic heterocycles. The van der Waals surface area contributed by atoms with Crippen molar-refractivity contribution >= 4 is 17.7 Å². The van der Waals surface area contributed by atoms with Crippen molar-refractivity contribution in [3.8, 4) is 5.75 Å². The van der Waals surface area contributed by atoms with Crippen molar-refractivity contribution in [3.63, 3.8) is 0 Å². The van der Waals surface area contributed by atoms with Crippen molar-refractivity contribution in [1.82, 2.24) is 20.4 Å². The molecule has 0 aliphatic carbocycles. The van der Waals surface area contributed by atoms with Gasteiger partial charge in [0.15, 0.2) is 11.6 Å². The van der Waals surface area contributed by atoms with Gasteiger partial charge in [-0.25, -0.2) is 8.78 Å². The smallest absolute Gasteiger partial charge is 0.246 e. The van der Waals surface area contributed by atoms with Gasteiger partial charge >= 0.3 is 0 Å². The highest BCUT2D eigenvalue weighted by Gasteiger charge is 2.53. The summed E-state index contributed by atoms with van der Waals surface area (Å²) in [6.45, 7) is 9.87. The summed E-state index contributed by atoms with van der Waals surface area (Å²) < 4.78 is 32.7. The van der Waals surface area contributed by atoms with E-state index in [1.54, 1.807) is 23.8 Å². The van der Waals surface area contributed by atoms with E-state index >= 15 is 0 Å². The van der Waals surface area contributed by atoms with E-state index in [4.69, 9.17) is 4.74 Å². The Morgan fingerprint density at radius 3 is 2.43 bits per heavy atom. The molecule has 0 bridgehead atoms. The molecule has 3 amide bonds. The van der Waals surface area contributed by atoms with Crippen LogP contribution in [0.1, 0.15) is 41.0 Å². The number of carbonyl (C=O) groups is 3. The molecule has 194 valence electrons. The Balaban J connectivity index is 1.83. The van der Waals surface area contributed by atoms with Gasteiger partial charge in [-0.05, 0) is 37.9 Å². The predicted molar refractivity (Wildman–Crippen MR) is 127 cm³/mol. The zero-order valence-electron chi connectivity index (χ0n) is 21.2. The van der Waals surface area contributed by atoms with Crippen LogP contribution < -0.4 is 15.4 Å². The van der Waals surface area contributed by atoms with Crippen molar-refractivity contribution in [2.75, 3.05) is 26.7 Å². The monoisotopic (exact) mass is 494 g/mol. The first-order valence-corrected chi connectivity index (χ1v) is 12.0. The molecule has 0 spiro atoms. The minimum atomic E-state index is -1.01. The number of hydrogen-bond donors (Lipinski definition) is 2. The molecule has 2 aliphatic rings. The molecule has 10 heteroatoms. The second-order valence-electron chi connectivity index (χ2n) is 10.5. The molecule has 5 unspecified atom stereocenters. The number of rotatable bonds is 7. The van der Waals surface area contributed by atoms with Gasteiger partial charge in [0.1, 0.15) is 11.8 Å². The molecular weight excluding hydrogens is 458 g/mol. The van der Waals surface area contributed by atoms with Gasteiger partial charge in [0.05, 0.1) is 24.7 Å². The number of carbonyl (C=O) groups excluding carboxylic acids is 3. The molecule has 0 radical (unpaired) electrons. The number of benzene rings is 1. The Kier molecular flexibility index (Phi) is 8.03. The Bertz CT molecular complexity index is 967. The van der Waals surface area contributed by atoms with Gasteiger partial charge in [0, 0.05) is 32.0 Å². The van der Waals surface area contributed by atoms with E-state index in [9.17, 15) is 23.2 Å². The molecule has 2 saturated heterocycles. The maximum Gasteiger partial charge on any atom is 0.246 e. The van der Waals surface area contributed by atoms with Crippen molar-refractivity contribution in [2.45, 2.75) is 65.2 Å². The summed E-state index contributed by atoms with van der Waals surface area (Å²) in [6, 6.07) is 1.63. The number of nitrogens with one attached hydrogen (secondary N) is 2. The van der Waals surface area contributed by atoms with Crippen LogP contribution in [0.25, 0.3) is 0 Å². The molecule has 2 N–H and O–H groups in total. The number of amides is 3. The fourth-order valence-electron chi connectivity index (χ4n) is 4.96. The lowest BCUT2D eigenvalue weighted by Crippen LogP contribution is -2.59. The van der Waals surface area contributed by atoms with E-state index in [0.717, 1.165) is 12.1 Å². The van der Waals surface area contributed by atoms with Crippen molar-refractivity contribution in [3.05, 3.63) is 29.8 Å². The van der Waals surface area contributed by atoms with Gasteiger partial charge in [0.25, 0.3) is 0 Å². The number of likely N-dealkylation sites (tertiary alicyclic amines) is 2. The third-order valence-corrected chi connectivity index (χ3v) is 7.00. The van der Waals surface area contributed by atoms with Crippen molar-refractivity contribution in [1.29, 1.82) is 0 Å². The summed E-state index contributed by atoms with van der Waals surface area (Å²) in [5.74, 6) is -2.58. The molecule has 3 rings (SSSR count). The number of likely N-dealkylation sites (N-methyl/N-ethyl adjacent to an activating group) is 1. The normalized spacial score (nSPS) is 23.6. The summed E-state index contributed by atoms with van der Waals surface area (Å²) in [4.78, 5) is 42.3. The molecule has 35 heavy (non-hydrogen) atoms. The van der Waals surface area contributed by atoms with Crippen LogP contribution in [0.4, 0.5) is 8.78 Å². The average molecular weight is 495 g/mol. The lowest BCUT2D eigenvalue weighted by molar-refractivity contribution is -0.141. The minimum Gasteiger partial charge on any atom is -0.493 e. The van der Waals surface area contributed by atoms with Crippen LogP contribution in [-0.2, 0) is 14.4 Å². The van der Waals surface area contributed by atoms with Crippen LogP contribution >= 0.6 is 0 Å². The molecule has 1 aromatic carbocycles. The lowest BCUT2D eigenvalue weighted by atomic mass is 9.85. The van der Waals surface area contributed by atoms with Gasteiger partial charge in [-0.15, -0.1) is 0 Å². The van der Waals surface area contributed by atoms with Crippen molar-refractivity contribution < 1.29 is 27.9 Å². The average Bonchev–Trinajstić information content (AvgIpc) is 3.37. The summed E-state index contributed by atoms with van der Waals surface area (Å²) in [6.07, 6.45) is 0.620. The second-order valence-corrected chi connectivity index (χ2v) is 10.5. The second kappa shape index (κ2) is 10.5. The van der Waals surface area contributed by atoms with E-state index in [2.05, 4.69) is 10.6 Å². The highest BCUT2D eigenvalue weighted by molar-refractivity contribution is 5.90. The van der Waals surface area contributed by atoms with E-state index in [-0.39, 0.29) is 48.1 Å². The summed E-state index contributed by atoms with van der Waals surface area (Å²) in [5.41, 5.74) is -0.547. The third-order valence-electron chi connectivity index (χ3n) is 7.00. The number of hydrogen-bond acceptors (Lipinski definition) is 5. The van der Waals surface area contributed by atoms with Gasteiger partial charge in [0.2, 0.25) is 17.7 Å². The number of fused-ring (bicyclic) bond motifs is 1. The van der Waals surface area contributed by atoms with Gasteiger partial charge in [-0.2, -0.15) is 0 Å². The Labute approximate surface area is 205 Å². The molecular formula is C25H36F2N4O4. The Hall–Kier alpha value is -2.75. The van der Waals surface area contributed by atoms with Gasteiger partial charge in [-0.3, -0.25) is 14.4 Å². The fraction of sp³-hybridized carbons (Fsp3) is 0.640. The number of halogens is 2. The minimum absolute atomic E-state index is 0.0897. The van der Waals surface area contributed by atoms with E-state index in [1.165, 1.54) is 13.0 Å². The first-order valence-electron chi connectivity index (χ1n) is 12.0. The SMILES string of the molecule is CNC(C)C(=O)NC(C(=O)N1CCC2C1C(COc1ccc(F)c(F)c1)CN2C(C)=O)C(C)(C)C. The van der Waals surface area contributed by atoms with Crippen LogP contribution in [-0.4, -0.2) is 78.4 Å². The standard InChI is InChI=1S/C25H36F2N4O4/c1-14(28-6)23(33)29-22(25(3,4)5)24(34)30-10-9-20-21(30)16(12-31(20)15(2)32)13-35-17-7-8-18(26)19(27)11-17/h7-8,11,14,16,20-22,28H,9-10,12-13H2,1-6H3,(H,29,33). The van der Waals surface area contributed by atoms with Gasteiger partial charge in [-0.1, -0.05) is 20.8 Å². The van der Waals surface area contributed by atoms with Crippen LogP contribution in [0.2, 0.25) is 0 Å². The zero-order valence-corrected chi connectivity index (χ0v) is 21.2. The first-order chi connectivity index (χ1) is 16.3. The van der Waals surface area contributed by atoms with E-state index in [1.807, 2.05) is 20.8 Å². The molecule has 2 fully saturated rings. The molecule has 2 heterocycles. The number of ether oxygens (including phenoxy) is 1. The molecule has 8 nitrogen and oxygen atoms in total. The van der Waals surface area contributed by atoms with Crippen LogP contribution in [0.5, 0.6) is 5.75 Å². The molecule has 0 aromatic heterocycles. The summed E-state index contributed by atoms with van der Waals surface area (Å²) >= 11 is 0. The van der Waals surface area contributed by atoms with Crippen LogP contribution in [0.15, 0.2) is 18.2 Å². The quantitative estimate of drug-likeness (QED) is 0.605. The largest absolute Gasteiger partial charge is 0.493 e. The summed E-state index contributed by atoms with van der Waals surface area (Å²) in [7, 11) is 1.68. The fourth-order valence-corrected chi connectivity index (χ4v) is 4.96. The molecule has 1 aromatic rings. The molecule has 5 atom stereocenters. The Morgan fingerprint density at radius 1 is 1.17 bits per heavy atom. The maximum atomic E-state index is 13.8. The van der Waals surface area contributed by atoms with Gasteiger partial charge < -0.3 is 25.2 Å². The van der Waals surface area contributed by atoms with Crippen LogP contribution in [0, 0.1) is 23.0 Å². The number of nitrogens with zero attached hydrogens (tertiary/aromatic N) is 2. The highest BCUT2D eigenvalue weighted by atomic mass is 19.2. The predicted octanol–water partition coefficient (Wildman–Crippen LogP) is 1.93. The Morgan fingerprint density at radius 2 is 1.86 bits per heavy atom. The van der Waals surface area contributed by atoms with E-state index < -0.39 is 29.1 Å². The highest BCUT2D eigenvalue weighted by Crippen LogP contribution is 2.37. The topological polar surface area (TPSA) is 91.0 Å². The lowest BCUT2D eigenvalue weighted by Gasteiger charge is -2.37. The summed E-state index contributed by atoms with van der Waals surface area (Å²) in [5, 5.41) is 5.78. The van der Waals surface area contributed by atoms with Crippen molar-refractivity contribution in [2.24, 2.45) is 11.3 Å². The first kappa shape index (κ1) is 26.8.